The van der Waals surface area contributed by atoms with E-state index in [1.165, 1.54) is 0 Å². The number of esters is 1. The fourth-order valence-electron chi connectivity index (χ4n) is 1.63. The molecule has 0 rings (SSSR count). The van der Waals surface area contributed by atoms with E-state index in [9.17, 15) is 4.79 Å². The summed E-state index contributed by atoms with van der Waals surface area (Å²) >= 11 is 0. The second-order valence-electron chi connectivity index (χ2n) is 3.92. The molecule has 0 aliphatic heterocycles. The van der Waals surface area contributed by atoms with Gasteiger partial charge in [-0.05, 0) is 27.2 Å². The van der Waals surface area contributed by atoms with Crippen molar-refractivity contribution >= 4 is 5.97 Å². The normalized spacial score (nSPS) is 14.9. The van der Waals surface area contributed by atoms with Gasteiger partial charge in [0.25, 0.3) is 0 Å². The van der Waals surface area contributed by atoms with E-state index in [-0.39, 0.29) is 12.0 Å². The topological polar surface area (TPSA) is 38.8 Å². The van der Waals surface area contributed by atoms with Crippen LogP contribution in [0.5, 0.6) is 0 Å². The van der Waals surface area contributed by atoms with Crippen LogP contribution in [0, 0.1) is 0 Å². The predicted octanol–water partition coefficient (Wildman–Crippen LogP) is 1.68. The van der Waals surface area contributed by atoms with Crippen LogP contribution in [0.1, 0.15) is 34.1 Å². The highest BCUT2D eigenvalue weighted by atomic mass is 16.5. The van der Waals surface area contributed by atoms with Crippen molar-refractivity contribution in [2.75, 3.05) is 26.9 Å². The molecule has 0 aliphatic carbocycles. The zero-order valence-corrected chi connectivity index (χ0v) is 11.2. The molecule has 0 aromatic rings. The standard InChI is InChI=1S/C12H25NO3/c1-6-10(3)13(8-9-15-5)11(4)12(14)16-7-2/h10-11H,6-9H2,1-5H3. The average Bonchev–Trinajstić information content (AvgIpc) is 2.29. The molecule has 0 fully saturated rings. The third kappa shape index (κ3) is 4.94. The summed E-state index contributed by atoms with van der Waals surface area (Å²) in [7, 11) is 1.67. The molecule has 0 saturated carbocycles. The molecule has 2 unspecified atom stereocenters. The SMILES string of the molecule is CCOC(=O)C(C)N(CCOC)C(C)CC. The fraction of sp³-hybridized carbons (Fsp3) is 0.917. The summed E-state index contributed by atoms with van der Waals surface area (Å²) in [5.74, 6) is -0.154. The van der Waals surface area contributed by atoms with Crippen molar-refractivity contribution in [1.82, 2.24) is 4.90 Å². The molecule has 0 radical (unpaired) electrons. The fourth-order valence-corrected chi connectivity index (χ4v) is 1.63. The molecule has 4 heteroatoms. The van der Waals surface area contributed by atoms with Gasteiger partial charge in [-0.1, -0.05) is 6.92 Å². The summed E-state index contributed by atoms with van der Waals surface area (Å²) in [6.07, 6.45) is 1.01. The lowest BCUT2D eigenvalue weighted by molar-refractivity contribution is -0.150. The Morgan fingerprint density at radius 1 is 1.31 bits per heavy atom. The first-order chi connectivity index (χ1) is 7.58. The Hall–Kier alpha value is -0.610. The monoisotopic (exact) mass is 231 g/mol. The Balaban J connectivity index is 4.41. The van der Waals surface area contributed by atoms with Gasteiger partial charge >= 0.3 is 5.97 Å². The first kappa shape index (κ1) is 15.4. The molecule has 0 amide bonds. The van der Waals surface area contributed by atoms with Crippen molar-refractivity contribution in [2.24, 2.45) is 0 Å². The smallest absolute Gasteiger partial charge is 0.323 e. The molecule has 0 aliphatic rings. The van der Waals surface area contributed by atoms with E-state index in [0.717, 1.165) is 13.0 Å². The van der Waals surface area contributed by atoms with Gasteiger partial charge in [-0.3, -0.25) is 9.69 Å². The second kappa shape index (κ2) is 8.53. The Kier molecular flexibility index (Phi) is 8.21. The first-order valence-electron chi connectivity index (χ1n) is 5.99. The minimum absolute atomic E-state index is 0.154. The van der Waals surface area contributed by atoms with Crippen LogP contribution < -0.4 is 0 Å². The molecule has 0 heterocycles. The quantitative estimate of drug-likeness (QED) is 0.596. The Morgan fingerprint density at radius 3 is 2.38 bits per heavy atom. The van der Waals surface area contributed by atoms with E-state index in [4.69, 9.17) is 9.47 Å². The van der Waals surface area contributed by atoms with Crippen LogP contribution in [0.2, 0.25) is 0 Å². The van der Waals surface area contributed by atoms with Gasteiger partial charge in [0, 0.05) is 19.7 Å². The van der Waals surface area contributed by atoms with Crippen LogP contribution in [0.25, 0.3) is 0 Å². The molecule has 16 heavy (non-hydrogen) atoms. The van der Waals surface area contributed by atoms with Crippen molar-refractivity contribution in [2.45, 2.75) is 46.2 Å². The minimum atomic E-state index is -0.204. The molecule has 0 aromatic carbocycles. The van der Waals surface area contributed by atoms with Gasteiger partial charge in [-0.2, -0.15) is 0 Å². The summed E-state index contributed by atoms with van der Waals surface area (Å²) < 4.78 is 10.1. The van der Waals surface area contributed by atoms with Gasteiger partial charge < -0.3 is 9.47 Å². The summed E-state index contributed by atoms with van der Waals surface area (Å²) in [4.78, 5) is 13.8. The average molecular weight is 231 g/mol. The van der Waals surface area contributed by atoms with E-state index >= 15 is 0 Å². The largest absolute Gasteiger partial charge is 0.465 e. The molecule has 0 aromatic heterocycles. The molecule has 0 bridgehead atoms. The highest BCUT2D eigenvalue weighted by Crippen LogP contribution is 2.10. The lowest BCUT2D eigenvalue weighted by atomic mass is 10.1. The number of ether oxygens (including phenoxy) is 2. The second-order valence-corrected chi connectivity index (χ2v) is 3.92. The molecule has 2 atom stereocenters. The van der Waals surface area contributed by atoms with Crippen molar-refractivity contribution < 1.29 is 14.3 Å². The number of carbonyl (C=O) groups is 1. The molecule has 0 spiro atoms. The maximum absolute atomic E-state index is 11.7. The van der Waals surface area contributed by atoms with Crippen LogP contribution in [0.15, 0.2) is 0 Å². The number of nitrogens with zero attached hydrogens (tertiary/aromatic N) is 1. The Labute approximate surface area is 98.9 Å². The van der Waals surface area contributed by atoms with E-state index in [0.29, 0.717) is 19.3 Å². The number of methoxy groups -OCH3 is 1. The van der Waals surface area contributed by atoms with Gasteiger partial charge in [0.15, 0.2) is 0 Å². The van der Waals surface area contributed by atoms with Crippen LogP contribution in [-0.4, -0.2) is 49.8 Å². The van der Waals surface area contributed by atoms with Gasteiger partial charge in [0.1, 0.15) is 6.04 Å². The molecular weight excluding hydrogens is 206 g/mol. The maximum atomic E-state index is 11.7. The van der Waals surface area contributed by atoms with Crippen molar-refractivity contribution in [3.8, 4) is 0 Å². The van der Waals surface area contributed by atoms with Crippen LogP contribution in [0.4, 0.5) is 0 Å². The summed E-state index contributed by atoms with van der Waals surface area (Å²) in [6.45, 7) is 9.77. The van der Waals surface area contributed by atoms with Gasteiger partial charge in [-0.25, -0.2) is 0 Å². The van der Waals surface area contributed by atoms with Crippen LogP contribution >= 0.6 is 0 Å². The van der Waals surface area contributed by atoms with E-state index in [1.54, 1.807) is 7.11 Å². The first-order valence-corrected chi connectivity index (χ1v) is 5.99. The van der Waals surface area contributed by atoms with Crippen molar-refractivity contribution in [1.29, 1.82) is 0 Å². The Morgan fingerprint density at radius 2 is 1.94 bits per heavy atom. The third-order valence-electron chi connectivity index (χ3n) is 2.84. The van der Waals surface area contributed by atoms with Crippen LogP contribution in [-0.2, 0) is 14.3 Å². The highest BCUT2D eigenvalue weighted by molar-refractivity contribution is 5.75. The predicted molar refractivity (Wildman–Crippen MR) is 64.4 cm³/mol. The summed E-state index contributed by atoms with van der Waals surface area (Å²) in [5, 5.41) is 0. The lowest BCUT2D eigenvalue weighted by Gasteiger charge is -2.32. The van der Waals surface area contributed by atoms with Crippen LogP contribution in [0.3, 0.4) is 0 Å². The van der Waals surface area contributed by atoms with E-state index < -0.39 is 0 Å². The Bertz CT molecular complexity index is 197. The highest BCUT2D eigenvalue weighted by Gasteiger charge is 2.25. The molecule has 0 saturated heterocycles. The van der Waals surface area contributed by atoms with Crippen molar-refractivity contribution in [3.63, 3.8) is 0 Å². The lowest BCUT2D eigenvalue weighted by Crippen LogP contribution is -2.46. The van der Waals surface area contributed by atoms with E-state index in [2.05, 4.69) is 18.7 Å². The van der Waals surface area contributed by atoms with Crippen molar-refractivity contribution in [3.05, 3.63) is 0 Å². The van der Waals surface area contributed by atoms with Gasteiger partial charge in [-0.15, -0.1) is 0 Å². The number of hydrogen-bond donors (Lipinski definition) is 0. The van der Waals surface area contributed by atoms with Gasteiger partial charge in [0.2, 0.25) is 0 Å². The van der Waals surface area contributed by atoms with E-state index in [1.807, 2.05) is 13.8 Å². The molecule has 0 N–H and O–H groups in total. The van der Waals surface area contributed by atoms with Gasteiger partial charge in [0.05, 0.1) is 13.2 Å². The molecule has 96 valence electrons. The zero-order valence-electron chi connectivity index (χ0n) is 11.2. The number of rotatable bonds is 8. The summed E-state index contributed by atoms with van der Waals surface area (Å²) in [6, 6.07) is 0.152. The molecule has 4 nitrogen and oxygen atoms in total. The number of carbonyl (C=O) groups excluding carboxylic acids is 1. The minimum Gasteiger partial charge on any atom is -0.465 e. The number of hydrogen-bond acceptors (Lipinski definition) is 4. The molecular formula is C12H25NO3. The third-order valence-corrected chi connectivity index (χ3v) is 2.84. The zero-order chi connectivity index (χ0) is 12.6. The maximum Gasteiger partial charge on any atom is 0.323 e. The summed E-state index contributed by atoms with van der Waals surface area (Å²) in [5.41, 5.74) is 0.